The van der Waals surface area contributed by atoms with Crippen LogP contribution in [0.15, 0.2) is 24.3 Å². The highest BCUT2D eigenvalue weighted by Gasteiger charge is 2.24. The lowest BCUT2D eigenvalue weighted by Crippen LogP contribution is -2.31. The maximum Gasteiger partial charge on any atom is 0.161 e. The molecule has 0 saturated carbocycles. The van der Waals surface area contributed by atoms with Gasteiger partial charge in [-0.1, -0.05) is 26.0 Å². The van der Waals surface area contributed by atoms with Gasteiger partial charge >= 0.3 is 0 Å². The van der Waals surface area contributed by atoms with E-state index in [4.69, 9.17) is 15.2 Å². The summed E-state index contributed by atoms with van der Waals surface area (Å²) in [4.78, 5) is 0. The van der Waals surface area contributed by atoms with Gasteiger partial charge in [0, 0.05) is 0 Å². The fraction of sp³-hybridized carbons (Fsp3) is 0.625. The molecule has 1 aromatic carbocycles. The molecule has 0 radical (unpaired) electrons. The zero-order valence-corrected chi connectivity index (χ0v) is 12.4. The molecule has 0 aliphatic heterocycles. The lowest BCUT2D eigenvalue weighted by atomic mass is 9.80. The van der Waals surface area contributed by atoms with Gasteiger partial charge in [0.2, 0.25) is 0 Å². The summed E-state index contributed by atoms with van der Waals surface area (Å²) >= 11 is 0. The lowest BCUT2D eigenvalue weighted by molar-refractivity contribution is 0.182. The predicted molar refractivity (Wildman–Crippen MR) is 79.8 cm³/mol. The SMILES string of the molecule is CCOc1ccccc1OCCC(CC)(CC)CN. The third-order valence-electron chi connectivity index (χ3n) is 3.97. The molecule has 0 aliphatic carbocycles. The molecular weight excluding hydrogens is 238 g/mol. The highest BCUT2D eigenvalue weighted by Crippen LogP contribution is 2.31. The molecule has 1 aromatic rings. The molecule has 0 amide bonds. The van der Waals surface area contributed by atoms with Crippen molar-refractivity contribution >= 4 is 0 Å². The van der Waals surface area contributed by atoms with E-state index in [0.717, 1.165) is 37.3 Å². The van der Waals surface area contributed by atoms with E-state index in [1.54, 1.807) is 0 Å². The summed E-state index contributed by atoms with van der Waals surface area (Å²) in [6, 6.07) is 7.81. The minimum atomic E-state index is 0.209. The quantitative estimate of drug-likeness (QED) is 0.741. The fourth-order valence-electron chi connectivity index (χ4n) is 2.22. The zero-order valence-electron chi connectivity index (χ0n) is 12.4. The van der Waals surface area contributed by atoms with Crippen LogP contribution in [0.2, 0.25) is 0 Å². The first-order chi connectivity index (χ1) is 9.21. The first kappa shape index (κ1) is 15.8. The van der Waals surface area contributed by atoms with Crippen molar-refractivity contribution in [2.75, 3.05) is 19.8 Å². The molecule has 3 nitrogen and oxygen atoms in total. The molecule has 0 heterocycles. The molecule has 108 valence electrons. The van der Waals surface area contributed by atoms with E-state index in [1.165, 1.54) is 0 Å². The monoisotopic (exact) mass is 265 g/mol. The molecule has 3 heteroatoms. The first-order valence-corrected chi connectivity index (χ1v) is 7.26. The topological polar surface area (TPSA) is 44.5 Å². The van der Waals surface area contributed by atoms with Gasteiger partial charge in [-0.15, -0.1) is 0 Å². The van der Waals surface area contributed by atoms with Crippen LogP contribution in [0, 0.1) is 5.41 Å². The van der Waals surface area contributed by atoms with Gasteiger partial charge in [-0.3, -0.25) is 0 Å². The number of para-hydroxylation sites is 2. The number of rotatable bonds is 9. The van der Waals surface area contributed by atoms with Crippen molar-refractivity contribution in [3.05, 3.63) is 24.3 Å². The van der Waals surface area contributed by atoms with E-state index >= 15 is 0 Å². The van der Waals surface area contributed by atoms with E-state index in [0.29, 0.717) is 13.2 Å². The van der Waals surface area contributed by atoms with Crippen molar-refractivity contribution in [1.82, 2.24) is 0 Å². The van der Waals surface area contributed by atoms with Crippen LogP contribution in [0.25, 0.3) is 0 Å². The zero-order chi connectivity index (χ0) is 14.1. The number of benzene rings is 1. The third-order valence-corrected chi connectivity index (χ3v) is 3.97. The number of hydrogen-bond acceptors (Lipinski definition) is 3. The van der Waals surface area contributed by atoms with Crippen molar-refractivity contribution in [2.24, 2.45) is 11.1 Å². The summed E-state index contributed by atoms with van der Waals surface area (Å²) in [5, 5.41) is 0. The smallest absolute Gasteiger partial charge is 0.161 e. The van der Waals surface area contributed by atoms with Gasteiger partial charge in [0.1, 0.15) is 0 Å². The average molecular weight is 265 g/mol. The largest absolute Gasteiger partial charge is 0.490 e. The summed E-state index contributed by atoms with van der Waals surface area (Å²) in [5.74, 6) is 1.64. The van der Waals surface area contributed by atoms with Gasteiger partial charge in [0.15, 0.2) is 11.5 Å². The molecule has 0 aromatic heterocycles. The standard InChI is InChI=1S/C16H27NO2/c1-4-16(5-2,13-17)11-12-19-15-10-8-7-9-14(15)18-6-3/h7-10H,4-6,11-13,17H2,1-3H3. The van der Waals surface area contributed by atoms with Crippen molar-refractivity contribution in [3.63, 3.8) is 0 Å². The van der Waals surface area contributed by atoms with Gasteiger partial charge in [-0.2, -0.15) is 0 Å². The summed E-state index contributed by atoms with van der Waals surface area (Å²) in [5.41, 5.74) is 6.11. The Morgan fingerprint density at radius 3 is 2.05 bits per heavy atom. The van der Waals surface area contributed by atoms with Gasteiger partial charge in [-0.05, 0) is 50.3 Å². The molecule has 0 fully saturated rings. The molecule has 0 bridgehead atoms. The molecule has 1 rings (SSSR count). The van der Waals surface area contributed by atoms with Crippen LogP contribution < -0.4 is 15.2 Å². The second-order valence-corrected chi connectivity index (χ2v) is 4.89. The maximum absolute atomic E-state index is 5.91. The Morgan fingerprint density at radius 1 is 1.00 bits per heavy atom. The summed E-state index contributed by atoms with van der Waals surface area (Å²) in [6.07, 6.45) is 3.17. The molecule has 0 spiro atoms. The molecule has 0 unspecified atom stereocenters. The third kappa shape index (κ3) is 4.43. The lowest BCUT2D eigenvalue weighted by Gasteiger charge is -2.30. The van der Waals surface area contributed by atoms with E-state index < -0.39 is 0 Å². The van der Waals surface area contributed by atoms with E-state index in [-0.39, 0.29) is 5.41 Å². The van der Waals surface area contributed by atoms with Gasteiger partial charge in [0.05, 0.1) is 13.2 Å². The van der Waals surface area contributed by atoms with Gasteiger partial charge in [0.25, 0.3) is 0 Å². The van der Waals surface area contributed by atoms with Gasteiger partial charge < -0.3 is 15.2 Å². The second kappa shape index (κ2) is 8.05. The van der Waals surface area contributed by atoms with Crippen LogP contribution in [0.1, 0.15) is 40.0 Å². The van der Waals surface area contributed by atoms with E-state index in [9.17, 15) is 0 Å². The predicted octanol–water partition coefficient (Wildman–Crippen LogP) is 3.62. The Morgan fingerprint density at radius 2 is 1.58 bits per heavy atom. The second-order valence-electron chi connectivity index (χ2n) is 4.89. The minimum absolute atomic E-state index is 0.209. The molecule has 2 N–H and O–H groups in total. The normalized spacial score (nSPS) is 11.4. The van der Waals surface area contributed by atoms with Crippen LogP contribution in [0.5, 0.6) is 11.5 Å². The Balaban J connectivity index is 2.57. The molecule has 0 atom stereocenters. The number of nitrogens with two attached hydrogens (primary N) is 1. The first-order valence-electron chi connectivity index (χ1n) is 7.26. The highest BCUT2D eigenvalue weighted by atomic mass is 16.5. The van der Waals surface area contributed by atoms with Gasteiger partial charge in [-0.25, -0.2) is 0 Å². The van der Waals surface area contributed by atoms with Crippen LogP contribution in [0.4, 0.5) is 0 Å². The van der Waals surface area contributed by atoms with Crippen molar-refractivity contribution in [2.45, 2.75) is 40.0 Å². The maximum atomic E-state index is 5.91. The van der Waals surface area contributed by atoms with E-state index in [2.05, 4.69) is 13.8 Å². The number of ether oxygens (including phenoxy) is 2. The average Bonchev–Trinajstić information content (AvgIpc) is 2.46. The van der Waals surface area contributed by atoms with Crippen molar-refractivity contribution < 1.29 is 9.47 Å². The van der Waals surface area contributed by atoms with Crippen molar-refractivity contribution in [3.8, 4) is 11.5 Å². The Kier molecular flexibility index (Phi) is 6.71. The highest BCUT2D eigenvalue weighted by molar-refractivity contribution is 5.39. The number of hydrogen-bond donors (Lipinski definition) is 1. The summed E-state index contributed by atoms with van der Waals surface area (Å²) in [7, 11) is 0. The minimum Gasteiger partial charge on any atom is -0.490 e. The Hall–Kier alpha value is -1.22. The Bertz CT molecular complexity index is 353. The van der Waals surface area contributed by atoms with Crippen LogP contribution in [-0.4, -0.2) is 19.8 Å². The van der Waals surface area contributed by atoms with Crippen LogP contribution in [0.3, 0.4) is 0 Å². The molecule has 19 heavy (non-hydrogen) atoms. The van der Waals surface area contributed by atoms with E-state index in [1.807, 2.05) is 31.2 Å². The van der Waals surface area contributed by atoms with Crippen molar-refractivity contribution in [1.29, 1.82) is 0 Å². The molecule has 0 saturated heterocycles. The molecular formula is C16H27NO2. The van der Waals surface area contributed by atoms with Crippen LogP contribution in [-0.2, 0) is 0 Å². The van der Waals surface area contributed by atoms with Crippen LogP contribution >= 0.6 is 0 Å². The summed E-state index contributed by atoms with van der Waals surface area (Å²) in [6.45, 7) is 8.43. The Labute approximate surface area is 117 Å². The fourth-order valence-corrected chi connectivity index (χ4v) is 2.22. The summed E-state index contributed by atoms with van der Waals surface area (Å²) < 4.78 is 11.4. The molecule has 0 aliphatic rings.